The first-order chi connectivity index (χ1) is 17.8. The van der Waals surface area contributed by atoms with Gasteiger partial charge in [0.25, 0.3) is 5.91 Å². The van der Waals surface area contributed by atoms with Crippen LogP contribution in [0, 0.1) is 0 Å². The number of carbonyl (C=O) groups is 3. The van der Waals surface area contributed by atoms with E-state index in [9.17, 15) is 14.4 Å². The SMILES string of the molecule is COC(=O)c1ccc2c(c1)NC(=O)C2=C(Nc1ccc(N(C)C(=O)CCN(C)C)cc1)c1ccccc1. The van der Waals surface area contributed by atoms with E-state index in [0.717, 1.165) is 16.9 Å². The molecule has 0 spiro atoms. The molecule has 0 saturated carbocycles. The summed E-state index contributed by atoms with van der Waals surface area (Å²) < 4.78 is 4.81. The van der Waals surface area contributed by atoms with Crippen molar-refractivity contribution in [2.45, 2.75) is 6.42 Å². The van der Waals surface area contributed by atoms with Gasteiger partial charge in [0, 0.05) is 37.0 Å². The summed E-state index contributed by atoms with van der Waals surface area (Å²) in [5.41, 5.74) is 5.07. The molecule has 1 heterocycles. The molecule has 1 aliphatic rings. The van der Waals surface area contributed by atoms with E-state index in [1.807, 2.05) is 73.6 Å². The quantitative estimate of drug-likeness (QED) is 0.355. The second kappa shape index (κ2) is 11.1. The van der Waals surface area contributed by atoms with Crippen molar-refractivity contribution in [1.29, 1.82) is 0 Å². The van der Waals surface area contributed by atoms with E-state index in [2.05, 4.69) is 10.6 Å². The highest BCUT2D eigenvalue weighted by Crippen LogP contribution is 2.38. The van der Waals surface area contributed by atoms with Crippen molar-refractivity contribution in [3.63, 3.8) is 0 Å². The van der Waals surface area contributed by atoms with Crippen LogP contribution < -0.4 is 15.5 Å². The molecule has 8 nitrogen and oxygen atoms in total. The molecule has 0 atom stereocenters. The molecule has 0 bridgehead atoms. The summed E-state index contributed by atoms with van der Waals surface area (Å²) in [7, 11) is 6.96. The standard InChI is InChI=1S/C29H30N4O4/c1-32(2)17-16-25(34)33(3)22-13-11-21(12-14-22)30-27(19-8-6-5-7-9-19)26-23-15-10-20(29(36)37-4)18-24(23)31-28(26)35/h5-15,18,30H,16-17H2,1-4H3,(H,31,35). The molecule has 1 aliphatic heterocycles. The summed E-state index contributed by atoms with van der Waals surface area (Å²) in [5.74, 6) is -0.709. The number of benzene rings is 3. The van der Waals surface area contributed by atoms with E-state index < -0.39 is 5.97 Å². The van der Waals surface area contributed by atoms with Crippen LogP contribution in [0.25, 0.3) is 11.3 Å². The summed E-state index contributed by atoms with van der Waals surface area (Å²) in [6.45, 7) is 0.682. The lowest BCUT2D eigenvalue weighted by atomic mass is 9.99. The molecular formula is C29H30N4O4. The second-order valence-corrected chi connectivity index (χ2v) is 9.00. The van der Waals surface area contributed by atoms with Gasteiger partial charge in [-0.15, -0.1) is 0 Å². The van der Waals surface area contributed by atoms with Crippen molar-refractivity contribution in [2.75, 3.05) is 50.3 Å². The highest BCUT2D eigenvalue weighted by molar-refractivity contribution is 6.37. The Morgan fingerprint density at radius 3 is 2.27 bits per heavy atom. The van der Waals surface area contributed by atoms with E-state index in [1.165, 1.54) is 7.11 Å². The van der Waals surface area contributed by atoms with Crippen molar-refractivity contribution >= 4 is 46.1 Å². The Hall–Kier alpha value is -4.43. The van der Waals surface area contributed by atoms with Gasteiger partial charge in [-0.2, -0.15) is 0 Å². The molecule has 2 N–H and O–H groups in total. The Labute approximate surface area is 216 Å². The molecule has 0 radical (unpaired) electrons. The molecule has 8 heteroatoms. The van der Waals surface area contributed by atoms with Crippen molar-refractivity contribution in [1.82, 2.24) is 4.90 Å². The van der Waals surface area contributed by atoms with Crippen LogP contribution in [0.15, 0.2) is 72.8 Å². The van der Waals surface area contributed by atoms with E-state index in [1.54, 1.807) is 30.1 Å². The zero-order valence-corrected chi connectivity index (χ0v) is 21.4. The average molecular weight is 499 g/mol. The average Bonchev–Trinajstić information content (AvgIpc) is 3.24. The van der Waals surface area contributed by atoms with Gasteiger partial charge in [-0.3, -0.25) is 9.59 Å². The number of fused-ring (bicyclic) bond motifs is 1. The molecular weight excluding hydrogens is 468 g/mol. The summed E-state index contributed by atoms with van der Waals surface area (Å²) in [6.07, 6.45) is 0.431. The van der Waals surface area contributed by atoms with Gasteiger partial charge in [-0.05, 0) is 56.1 Å². The lowest BCUT2D eigenvalue weighted by molar-refractivity contribution is -0.118. The first-order valence-corrected chi connectivity index (χ1v) is 11.9. The molecule has 37 heavy (non-hydrogen) atoms. The fourth-order valence-corrected chi connectivity index (χ4v) is 4.09. The lowest BCUT2D eigenvalue weighted by Gasteiger charge is -2.20. The third-order valence-corrected chi connectivity index (χ3v) is 6.17. The molecule has 3 aromatic carbocycles. The first-order valence-electron chi connectivity index (χ1n) is 11.9. The Balaban J connectivity index is 1.67. The van der Waals surface area contributed by atoms with E-state index in [-0.39, 0.29) is 11.8 Å². The van der Waals surface area contributed by atoms with Gasteiger partial charge in [0.05, 0.1) is 29.6 Å². The molecule has 0 aliphatic carbocycles. The summed E-state index contributed by atoms with van der Waals surface area (Å²) in [5, 5.41) is 6.28. The smallest absolute Gasteiger partial charge is 0.337 e. The van der Waals surface area contributed by atoms with Gasteiger partial charge in [-0.25, -0.2) is 4.79 Å². The Bertz CT molecular complexity index is 1350. The Morgan fingerprint density at radius 2 is 1.62 bits per heavy atom. The highest BCUT2D eigenvalue weighted by Gasteiger charge is 2.29. The predicted octanol–water partition coefficient (Wildman–Crippen LogP) is 4.32. The third kappa shape index (κ3) is 5.70. The molecule has 4 rings (SSSR count). The Kier molecular flexibility index (Phi) is 7.69. The summed E-state index contributed by atoms with van der Waals surface area (Å²) in [4.78, 5) is 41.2. The second-order valence-electron chi connectivity index (χ2n) is 9.00. The van der Waals surface area contributed by atoms with Crippen LogP contribution in [0.3, 0.4) is 0 Å². The monoisotopic (exact) mass is 498 g/mol. The lowest BCUT2D eigenvalue weighted by Crippen LogP contribution is -2.29. The van der Waals surface area contributed by atoms with Crippen LogP contribution in [0.1, 0.15) is 27.9 Å². The number of methoxy groups -OCH3 is 1. The number of rotatable bonds is 8. The highest BCUT2D eigenvalue weighted by atomic mass is 16.5. The van der Waals surface area contributed by atoms with Crippen LogP contribution in [0.5, 0.6) is 0 Å². The number of ether oxygens (including phenoxy) is 1. The predicted molar refractivity (Wildman–Crippen MR) is 146 cm³/mol. The first kappa shape index (κ1) is 25.7. The molecule has 0 saturated heterocycles. The van der Waals surface area contributed by atoms with Gasteiger partial charge in [0.2, 0.25) is 5.91 Å². The Morgan fingerprint density at radius 1 is 0.919 bits per heavy atom. The zero-order valence-electron chi connectivity index (χ0n) is 21.4. The molecule has 0 fully saturated rings. The van der Waals surface area contributed by atoms with Crippen LogP contribution in [-0.2, 0) is 14.3 Å². The van der Waals surface area contributed by atoms with Gasteiger partial charge in [0.1, 0.15) is 0 Å². The van der Waals surface area contributed by atoms with Gasteiger partial charge in [0.15, 0.2) is 0 Å². The van der Waals surface area contributed by atoms with Crippen LogP contribution in [0.2, 0.25) is 0 Å². The molecule has 0 aromatic heterocycles. The zero-order chi connectivity index (χ0) is 26.5. The molecule has 190 valence electrons. The number of anilines is 3. The number of amides is 2. The molecule has 0 unspecified atom stereocenters. The maximum absolute atomic E-state index is 13.1. The maximum Gasteiger partial charge on any atom is 0.337 e. The van der Waals surface area contributed by atoms with Crippen molar-refractivity contribution in [2.24, 2.45) is 0 Å². The number of esters is 1. The van der Waals surface area contributed by atoms with Crippen LogP contribution >= 0.6 is 0 Å². The fraction of sp³-hybridized carbons (Fsp3) is 0.207. The van der Waals surface area contributed by atoms with Gasteiger partial charge >= 0.3 is 5.97 Å². The maximum atomic E-state index is 13.1. The van der Waals surface area contributed by atoms with Crippen molar-refractivity contribution in [3.8, 4) is 0 Å². The normalized spacial score (nSPS) is 13.6. The molecule has 3 aromatic rings. The minimum absolute atomic E-state index is 0.0343. The van der Waals surface area contributed by atoms with Gasteiger partial charge < -0.3 is 25.2 Å². The number of nitrogens with zero attached hydrogens (tertiary/aromatic N) is 2. The van der Waals surface area contributed by atoms with Crippen molar-refractivity contribution < 1.29 is 19.1 Å². The van der Waals surface area contributed by atoms with E-state index in [4.69, 9.17) is 4.74 Å². The van der Waals surface area contributed by atoms with E-state index in [0.29, 0.717) is 41.1 Å². The third-order valence-electron chi connectivity index (χ3n) is 6.17. The van der Waals surface area contributed by atoms with Gasteiger partial charge in [-0.1, -0.05) is 36.4 Å². The number of hydrogen-bond donors (Lipinski definition) is 2. The fourth-order valence-electron chi connectivity index (χ4n) is 4.09. The minimum Gasteiger partial charge on any atom is -0.465 e. The number of carbonyl (C=O) groups excluding carboxylic acids is 3. The number of nitrogens with one attached hydrogen (secondary N) is 2. The van der Waals surface area contributed by atoms with E-state index >= 15 is 0 Å². The van der Waals surface area contributed by atoms with Crippen LogP contribution in [-0.4, -0.2) is 57.5 Å². The minimum atomic E-state index is -0.471. The summed E-state index contributed by atoms with van der Waals surface area (Å²) in [6, 6.07) is 22.1. The number of hydrogen-bond acceptors (Lipinski definition) is 6. The largest absolute Gasteiger partial charge is 0.465 e. The van der Waals surface area contributed by atoms with Crippen LogP contribution in [0.4, 0.5) is 17.1 Å². The topological polar surface area (TPSA) is 91.0 Å². The van der Waals surface area contributed by atoms with Crippen molar-refractivity contribution in [3.05, 3.63) is 89.5 Å². The summed E-state index contributed by atoms with van der Waals surface area (Å²) >= 11 is 0. The molecule has 2 amide bonds.